The number of thiophene rings is 1. The molecule has 0 unspecified atom stereocenters. The molecule has 2 aliphatic carbocycles. The summed E-state index contributed by atoms with van der Waals surface area (Å²) in [5, 5.41) is 3.11. The molecule has 4 nitrogen and oxygen atoms in total. The Labute approximate surface area is 187 Å². The summed E-state index contributed by atoms with van der Waals surface area (Å²) in [4.78, 5) is 24.7. The Morgan fingerprint density at radius 1 is 1.06 bits per heavy atom. The number of para-hydroxylation sites is 1. The molecule has 0 N–H and O–H groups in total. The van der Waals surface area contributed by atoms with Crippen LogP contribution in [-0.4, -0.2) is 53.4 Å². The van der Waals surface area contributed by atoms with Gasteiger partial charge in [-0.2, -0.15) is 0 Å². The van der Waals surface area contributed by atoms with E-state index in [0.717, 1.165) is 72.7 Å². The summed E-state index contributed by atoms with van der Waals surface area (Å²) in [6, 6.07) is 12.4. The fourth-order valence-electron chi connectivity index (χ4n) is 5.03. The highest BCUT2D eigenvalue weighted by Crippen LogP contribution is 2.38. The first kappa shape index (κ1) is 19.2. The van der Waals surface area contributed by atoms with Crippen molar-refractivity contribution in [3.05, 3.63) is 63.5 Å². The van der Waals surface area contributed by atoms with Crippen molar-refractivity contribution in [3.8, 4) is 0 Å². The molecule has 3 aliphatic rings. The predicted octanol–water partition coefficient (Wildman–Crippen LogP) is 4.95. The van der Waals surface area contributed by atoms with Crippen molar-refractivity contribution in [2.75, 3.05) is 32.7 Å². The number of aromatic nitrogens is 1. The van der Waals surface area contributed by atoms with E-state index >= 15 is 0 Å². The van der Waals surface area contributed by atoms with Crippen LogP contribution in [0, 0.1) is 5.92 Å². The van der Waals surface area contributed by atoms with Gasteiger partial charge in [-0.15, -0.1) is 11.3 Å². The molecule has 1 saturated carbocycles. The molecule has 2 fully saturated rings. The minimum atomic E-state index is 0.193. The first-order chi connectivity index (χ1) is 15.3. The lowest BCUT2D eigenvalue weighted by atomic mass is 9.99. The SMILES string of the molecule is O=C(c1c2c(nc3ccccc13)/C(=C/c1cccs1)CC2)N1CCN(CC2CC2)CC1. The first-order valence-corrected chi connectivity index (χ1v) is 12.3. The van der Waals surface area contributed by atoms with Crippen LogP contribution in [0.25, 0.3) is 22.6 Å². The molecular formula is C26H27N3OS. The number of carbonyl (C=O) groups is 1. The van der Waals surface area contributed by atoms with Crippen LogP contribution >= 0.6 is 11.3 Å². The van der Waals surface area contributed by atoms with Gasteiger partial charge < -0.3 is 4.90 Å². The average Bonchev–Trinajstić information content (AvgIpc) is 3.30. The topological polar surface area (TPSA) is 36.4 Å². The van der Waals surface area contributed by atoms with Gasteiger partial charge in [-0.25, -0.2) is 4.98 Å². The van der Waals surface area contributed by atoms with Crippen LogP contribution in [0.3, 0.4) is 0 Å². The highest BCUT2D eigenvalue weighted by molar-refractivity contribution is 7.10. The van der Waals surface area contributed by atoms with Crippen LogP contribution in [-0.2, 0) is 6.42 Å². The van der Waals surface area contributed by atoms with Gasteiger partial charge >= 0.3 is 0 Å². The zero-order valence-electron chi connectivity index (χ0n) is 17.7. The summed E-state index contributed by atoms with van der Waals surface area (Å²) in [7, 11) is 0. The number of piperazine rings is 1. The lowest BCUT2D eigenvalue weighted by Crippen LogP contribution is -2.49. The van der Waals surface area contributed by atoms with Gasteiger partial charge in [0.05, 0.1) is 16.8 Å². The Morgan fingerprint density at radius 2 is 1.90 bits per heavy atom. The van der Waals surface area contributed by atoms with Gasteiger partial charge in [0, 0.05) is 43.0 Å². The summed E-state index contributed by atoms with van der Waals surface area (Å²) >= 11 is 1.75. The Hall–Kier alpha value is -2.50. The molecule has 0 atom stereocenters. The molecule has 5 heteroatoms. The monoisotopic (exact) mass is 429 g/mol. The average molecular weight is 430 g/mol. The summed E-state index contributed by atoms with van der Waals surface area (Å²) in [5.41, 5.74) is 5.25. The van der Waals surface area contributed by atoms with E-state index in [9.17, 15) is 4.79 Å². The van der Waals surface area contributed by atoms with Crippen molar-refractivity contribution in [1.82, 2.24) is 14.8 Å². The lowest BCUT2D eigenvalue weighted by Gasteiger charge is -2.35. The minimum absolute atomic E-state index is 0.193. The van der Waals surface area contributed by atoms with Gasteiger partial charge in [-0.05, 0) is 66.3 Å². The lowest BCUT2D eigenvalue weighted by molar-refractivity contribution is 0.0633. The Bertz CT molecular complexity index is 1150. The number of fused-ring (bicyclic) bond motifs is 2. The fraction of sp³-hybridized carbons (Fsp3) is 0.385. The van der Waals surface area contributed by atoms with Crippen molar-refractivity contribution in [3.63, 3.8) is 0 Å². The number of rotatable bonds is 4. The third-order valence-electron chi connectivity index (χ3n) is 6.89. The van der Waals surface area contributed by atoms with Gasteiger partial charge in [-0.3, -0.25) is 9.69 Å². The molecule has 1 aliphatic heterocycles. The normalized spacial score (nSPS) is 20.5. The van der Waals surface area contributed by atoms with E-state index in [4.69, 9.17) is 4.98 Å². The number of nitrogens with zero attached hydrogens (tertiary/aromatic N) is 3. The van der Waals surface area contributed by atoms with E-state index in [1.165, 1.54) is 29.8 Å². The number of benzene rings is 1. The maximum absolute atomic E-state index is 13.8. The second kappa shape index (κ2) is 7.88. The smallest absolute Gasteiger partial charge is 0.254 e. The van der Waals surface area contributed by atoms with E-state index in [-0.39, 0.29) is 5.91 Å². The van der Waals surface area contributed by atoms with E-state index in [1.54, 1.807) is 11.3 Å². The molecule has 0 spiro atoms. The highest BCUT2D eigenvalue weighted by Gasteiger charge is 2.32. The maximum Gasteiger partial charge on any atom is 0.254 e. The number of hydrogen-bond acceptors (Lipinski definition) is 4. The van der Waals surface area contributed by atoms with Crippen LogP contribution < -0.4 is 0 Å². The van der Waals surface area contributed by atoms with E-state index in [0.29, 0.717) is 0 Å². The zero-order valence-corrected chi connectivity index (χ0v) is 18.5. The third-order valence-corrected chi connectivity index (χ3v) is 7.71. The summed E-state index contributed by atoms with van der Waals surface area (Å²) in [5.74, 6) is 1.10. The molecule has 0 bridgehead atoms. The highest BCUT2D eigenvalue weighted by atomic mass is 32.1. The molecule has 0 radical (unpaired) electrons. The van der Waals surface area contributed by atoms with E-state index < -0.39 is 0 Å². The summed E-state index contributed by atoms with van der Waals surface area (Å²) in [6.45, 7) is 4.87. The molecular weight excluding hydrogens is 402 g/mol. The molecule has 3 aromatic rings. The number of carbonyl (C=O) groups excluding carboxylic acids is 1. The molecule has 31 heavy (non-hydrogen) atoms. The predicted molar refractivity (Wildman–Crippen MR) is 127 cm³/mol. The van der Waals surface area contributed by atoms with Crippen molar-refractivity contribution < 1.29 is 4.79 Å². The fourth-order valence-corrected chi connectivity index (χ4v) is 5.71. The molecule has 3 heterocycles. The van der Waals surface area contributed by atoms with Crippen LogP contribution in [0.2, 0.25) is 0 Å². The molecule has 2 aromatic heterocycles. The number of pyridine rings is 1. The summed E-state index contributed by atoms with van der Waals surface area (Å²) < 4.78 is 0. The van der Waals surface area contributed by atoms with Gasteiger partial charge in [-0.1, -0.05) is 24.3 Å². The number of amides is 1. The first-order valence-electron chi connectivity index (χ1n) is 11.4. The quantitative estimate of drug-likeness (QED) is 0.589. The second-order valence-electron chi connectivity index (χ2n) is 9.05. The number of allylic oxidation sites excluding steroid dienone is 1. The Balaban J connectivity index is 1.35. The van der Waals surface area contributed by atoms with Crippen LogP contribution in [0.5, 0.6) is 0 Å². The largest absolute Gasteiger partial charge is 0.336 e. The summed E-state index contributed by atoms with van der Waals surface area (Å²) in [6.07, 6.45) is 6.87. The molecule has 1 saturated heterocycles. The molecule has 158 valence electrons. The minimum Gasteiger partial charge on any atom is -0.336 e. The van der Waals surface area contributed by atoms with Gasteiger partial charge in [0.15, 0.2) is 0 Å². The van der Waals surface area contributed by atoms with E-state index in [1.807, 2.05) is 18.2 Å². The molecule has 6 rings (SSSR count). The van der Waals surface area contributed by atoms with Gasteiger partial charge in [0.25, 0.3) is 5.91 Å². The van der Waals surface area contributed by atoms with Crippen molar-refractivity contribution in [2.24, 2.45) is 5.92 Å². The Morgan fingerprint density at radius 3 is 2.68 bits per heavy atom. The van der Waals surface area contributed by atoms with Crippen LogP contribution in [0.4, 0.5) is 0 Å². The van der Waals surface area contributed by atoms with Gasteiger partial charge in [0.2, 0.25) is 0 Å². The molecule has 1 amide bonds. The second-order valence-corrected chi connectivity index (χ2v) is 10.0. The zero-order chi connectivity index (χ0) is 20.8. The van der Waals surface area contributed by atoms with E-state index in [2.05, 4.69) is 39.5 Å². The number of hydrogen-bond donors (Lipinski definition) is 0. The van der Waals surface area contributed by atoms with Crippen LogP contribution in [0.1, 0.15) is 45.8 Å². The van der Waals surface area contributed by atoms with Crippen LogP contribution in [0.15, 0.2) is 41.8 Å². The van der Waals surface area contributed by atoms with Crippen molar-refractivity contribution >= 4 is 39.8 Å². The standard InChI is InChI=1S/C26H27N3OS/c30-26(29-13-11-28(12-14-29)17-18-7-8-18)24-21-5-1-2-6-23(21)27-25-19(9-10-22(24)25)16-20-4-3-15-31-20/h1-6,15-16,18H,7-14,17H2/b19-16+. The third kappa shape index (κ3) is 3.70. The van der Waals surface area contributed by atoms with Gasteiger partial charge in [0.1, 0.15) is 0 Å². The van der Waals surface area contributed by atoms with Crippen molar-refractivity contribution in [1.29, 1.82) is 0 Å². The molecule has 1 aromatic carbocycles. The Kier molecular flexibility index (Phi) is 4.88. The van der Waals surface area contributed by atoms with Crippen molar-refractivity contribution in [2.45, 2.75) is 25.7 Å². The maximum atomic E-state index is 13.8.